The van der Waals surface area contributed by atoms with E-state index in [1.165, 1.54) is 7.11 Å². The molecule has 8 heteroatoms. The van der Waals surface area contributed by atoms with Gasteiger partial charge in [0.15, 0.2) is 0 Å². The van der Waals surface area contributed by atoms with Crippen molar-refractivity contribution in [2.24, 2.45) is 0 Å². The van der Waals surface area contributed by atoms with Crippen LogP contribution in [0.5, 0.6) is 0 Å². The number of carboxylic acid groups (broad SMARTS) is 1. The number of carboxylic acids is 1. The molecular weight excluding hydrogens is 265 g/mol. The maximum absolute atomic E-state index is 12.4. The molecule has 2 N–H and O–H groups in total. The van der Waals surface area contributed by atoms with Crippen LogP contribution in [0.2, 0.25) is 0 Å². The molecule has 1 heterocycles. The second-order valence-corrected chi connectivity index (χ2v) is 3.70. The van der Waals surface area contributed by atoms with E-state index in [1.54, 1.807) is 0 Å². The summed E-state index contributed by atoms with van der Waals surface area (Å²) in [4.78, 5) is 14.4. The molecule has 1 aromatic heterocycles. The summed E-state index contributed by atoms with van der Waals surface area (Å²) in [6.45, 7) is 0.808. The zero-order valence-electron chi connectivity index (χ0n) is 10.1. The Balaban J connectivity index is 2.90. The highest BCUT2D eigenvalue weighted by atomic mass is 19.4. The van der Waals surface area contributed by atoms with Gasteiger partial charge in [-0.3, -0.25) is 0 Å². The first kappa shape index (κ1) is 15.2. The van der Waals surface area contributed by atoms with E-state index < -0.39 is 23.3 Å². The van der Waals surface area contributed by atoms with E-state index in [9.17, 15) is 18.0 Å². The number of rotatable bonds is 6. The van der Waals surface area contributed by atoms with E-state index >= 15 is 0 Å². The molecule has 0 aromatic carbocycles. The van der Waals surface area contributed by atoms with Gasteiger partial charge in [-0.1, -0.05) is 0 Å². The van der Waals surface area contributed by atoms with Gasteiger partial charge in [-0.05, 0) is 12.5 Å². The summed E-state index contributed by atoms with van der Waals surface area (Å²) >= 11 is 0. The van der Waals surface area contributed by atoms with Crippen LogP contribution < -0.4 is 5.32 Å². The lowest BCUT2D eigenvalue weighted by Gasteiger charge is -2.11. The highest BCUT2D eigenvalue weighted by Crippen LogP contribution is 2.30. The number of halogens is 3. The molecule has 5 nitrogen and oxygen atoms in total. The van der Waals surface area contributed by atoms with Crippen LogP contribution in [-0.4, -0.2) is 36.3 Å². The van der Waals surface area contributed by atoms with E-state index in [0.717, 1.165) is 0 Å². The molecular formula is C11H13F3N2O3. The third-order valence-corrected chi connectivity index (χ3v) is 2.26. The second kappa shape index (κ2) is 6.37. The normalized spacial score (nSPS) is 11.4. The summed E-state index contributed by atoms with van der Waals surface area (Å²) in [5.74, 6) is -1.55. The Hall–Kier alpha value is -1.83. The Kier molecular flexibility index (Phi) is 5.11. The third kappa shape index (κ3) is 4.40. The van der Waals surface area contributed by atoms with E-state index in [4.69, 9.17) is 9.84 Å². The highest BCUT2D eigenvalue weighted by molar-refractivity contribution is 5.93. The number of methoxy groups -OCH3 is 1. The first-order valence-electron chi connectivity index (χ1n) is 5.39. The average Bonchev–Trinajstić information content (AvgIpc) is 2.33. The Morgan fingerprint density at radius 3 is 2.74 bits per heavy atom. The minimum absolute atomic E-state index is 0.0865. The fourth-order valence-electron chi connectivity index (χ4n) is 1.35. The van der Waals surface area contributed by atoms with Gasteiger partial charge in [0, 0.05) is 26.5 Å². The van der Waals surface area contributed by atoms with Crippen LogP contribution in [-0.2, 0) is 10.9 Å². The van der Waals surface area contributed by atoms with Crippen molar-refractivity contribution >= 4 is 11.8 Å². The van der Waals surface area contributed by atoms with Crippen molar-refractivity contribution in [3.63, 3.8) is 0 Å². The van der Waals surface area contributed by atoms with Crippen LogP contribution in [0.3, 0.4) is 0 Å². The molecule has 0 fully saturated rings. The molecule has 0 saturated carbocycles. The number of hydrogen-bond acceptors (Lipinski definition) is 4. The van der Waals surface area contributed by atoms with Crippen LogP contribution in [0.25, 0.3) is 0 Å². The quantitative estimate of drug-likeness (QED) is 0.781. The molecule has 0 spiro atoms. The molecule has 0 radical (unpaired) electrons. The lowest BCUT2D eigenvalue weighted by molar-refractivity contribution is -0.137. The van der Waals surface area contributed by atoms with Crippen molar-refractivity contribution in [2.45, 2.75) is 12.6 Å². The molecule has 0 aliphatic carbocycles. The van der Waals surface area contributed by atoms with Crippen LogP contribution in [0.4, 0.5) is 19.0 Å². The van der Waals surface area contributed by atoms with Crippen LogP contribution >= 0.6 is 0 Å². The first-order valence-corrected chi connectivity index (χ1v) is 5.39. The monoisotopic (exact) mass is 278 g/mol. The summed E-state index contributed by atoms with van der Waals surface area (Å²) in [5, 5.41) is 11.6. The smallest absolute Gasteiger partial charge is 0.417 e. The summed E-state index contributed by atoms with van der Waals surface area (Å²) in [6, 6.07) is 0.563. The lowest BCUT2D eigenvalue weighted by atomic mass is 10.2. The van der Waals surface area contributed by atoms with E-state index in [1.807, 2.05) is 0 Å². The number of carbonyl (C=O) groups is 1. The minimum atomic E-state index is -4.62. The number of anilines is 1. The maximum Gasteiger partial charge on any atom is 0.417 e. The summed E-state index contributed by atoms with van der Waals surface area (Å²) in [7, 11) is 1.51. The van der Waals surface area contributed by atoms with Crippen molar-refractivity contribution in [1.29, 1.82) is 0 Å². The van der Waals surface area contributed by atoms with Crippen LogP contribution in [0.1, 0.15) is 22.3 Å². The molecule has 0 saturated heterocycles. The summed E-state index contributed by atoms with van der Waals surface area (Å²) in [6.07, 6.45) is -3.44. The number of nitrogens with zero attached hydrogens (tertiary/aromatic N) is 1. The Morgan fingerprint density at radius 2 is 2.21 bits per heavy atom. The summed E-state index contributed by atoms with van der Waals surface area (Å²) in [5.41, 5.74) is -1.60. The van der Waals surface area contributed by atoms with Gasteiger partial charge in [-0.2, -0.15) is 13.2 Å². The van der Waals surface area contributed by atoms with E-state index in [-0.39, 0.29) is 5.82 Å². The topological polar surface area (TPSA) is 71.5 Å². The largest absolute Gasteiger partial charge is 0.478 e. The Labute approximate surface area is 107 Å². The fraction of sp³-hybridized carbons (Fsp3) is 0.455. The Morgan fingerprint density at radius 1 is 1.53 bits per heavy atom. The lowest BCUT2D eigenvalue weighted by Crippen LogP contribution is -2.14. The number of pyridine rings is 1. The molecule has 0 aliphatic heterocycles. The van der Waals surface area contributed by atoms with E-state index in [2.05, 4.69) is 10.3 Å². The summed E-state index contributed by atoms with van der Waals surface area (Å²) < 4.78 is 42.1. The minimum Gasteiger partial charge on any atom is -0.478 e. The third-order valence-electron chi connectivity index (χ3n) is 2.26. The highest BCUT2D eigenvalue weighted by Gasteiger charge is 2.32. The number of ether oxygens (including phenoxy) is 1. The van der Waals surface area contributed by atoms with Gasteiger partial charge >= 0.3 is 12.1 Å². The molecule has 0 unspecified atom stereocenters. The SMILES string of the molecule is COCCCNc1ncc(C(F)(F)F)cc1C(=O)O. The van der Waals surface area contributed by atoms with E-state index in [0.29, 0.717) is 31.8 Å². The zero-order valence-corrected chi connectivity index (χ0v) is 10.1. The number of alkyl halides is 3. The Bertz CT molecular complexity index is 449. The van der Waals surface area contributed by atoms with Gasteiger partial charge in [0.25, 0.3) is 0 Å². The standard InChI is InChI=1S/C11H13F3N2O3/c1-19-4-2-3-15-9-8(10(17)18)5-7(6-16-9)11(12,13)14/h5-6H,2-4H2,1H3,(H,15,16)(H,17,18). The number of nitrogens with one attached hydrogen (secondary N) is 1. The van der Waals surface area contributed by atoms with Crippen molar-refractivity contribution in [2.75, 3.05) is 25.6 Å². The van der Waals surface area contributed by atoms with Gasteiger partial charge < -0.3 is 15.2 Å². The second-order valence-electron chi connectivity index (χ2n) is 3.70. The van der Waals surface area contributed by atoms with Crippen molar-refractivity contribution in [3.05, 3.63) is 23.4 Å². The van der Waals surface area contributed by atoms with Crippen molar-refractivity contribution in [1.82, 2.24) is 4.98 Å². The van der Waals surface area contributed by atoms with Gasteiger partial charge in [0.2, 0.25) is 0 Å². The van der Waals surface area contributed by atoms with Crippen LogP contribution in [0.15, 0.2) is 12.3 Å². The number of hydrogen-bond donors (Lipinski definition) is 2. The molecule has 19 heavy (non-hydrogen) atoms. The molecule has 1 rings (SSSR count). The first-order chi connectivity index (χ1) is 8.86. The maximum atomic E-state index is 12.4. The predicted molar refractivity (Wildman–Crippen MR) is 61.2 cm³/mol. The van der Waals surface area contributed by atoms with Crippen molar-refractivity contribution < 1.29 is 27.8 Å². The van der Waals surface area contributed by atoms with Crippen molar-refractivity contribution in [3.8, 4) is 0 Å². The van der Waals surface area contributed by atoms with Crippen LogP contribution in [0, 0.1) is 0 Å². The molecule has 106 valence electrons. The molecule has 0 amide bonds. The van der Waals surface area contributed by atoms with Gasteiger partial charge in [0.05, 0.1) is 5.56 Å². The molecule has 1 aromatic rings. The van der Waals surface area contributed by atoms with Gasteiger partial charge in [-0.25, -0.2) is 9.78 Å². The zero-order chi connectivity index (χ0) is 14.5. The fourth-order valence-corrected chi connectivity index (χ4v) is 1.35. The number of aromatic carboxylic acids is 1. The average molecular weight is 278 g/mol. The molecule has 0 bridgehead atoms. The molecule has 0 atom stereocenters. The molecule has 0 aliphatic rings. The predicted octanol–water partition coefficient (Wildman–Crippen LogP) is 2.25. The van der Waals surface area contributed by atoms with Gasteiger partial charge in [-0.15, -0.1) is 0 Å². The van der Waals surface area contributed by atoms with Gasteiger partial charge in [0.1, 0.15) is 11.4 Å². The number of aromatic nitrogens is 1.